The second-order valence-electron chi connectivity index (χ2n) is 3.75. The lowest BCUT2D eigenvalue weighted by atomic mass is 10.2. The van der Waals surface area contributed by atoms with Crippen molar-refractivity contribution in [1.82, 2.24) is 5.32 Å². The van der Waals surface area contributed by atoms with Gasteiger partial charge in [0, 0.05) is 12.6 Å². The predicted octanol–water partition coefficient (Wildman–Crippen LogP) is 1.43. The van der Waals surface area contributed by atoms with E-state index in [0.29, 0.717) is 13.0 Å². The second kappa shape index (κ2) is 7.92. The van der Waals surface area contributed by atoms with E-state index in [0.717, 1.165) is 18.0 Å². The molecule has 0 aliphatic rings. The van der Waals surface area contributed by atoms with Gasteiger partial charge in [0.1, 0.15) is 18.1 Å². The highest BCUT2D eigenvalue weighted by Crippen LogP contribution is 2.17. The molecule has 1 atom stereocenters. The van der Waals surface area contributed by atoms with Crippen molar-refractivity contribution in [3.05, 3.63) is 24.3 Å². The Bertz CT molecular complexity index is 294. The fourth-order valence-corrected chi connectivity index (χ4v) is 1.56. The minimum absolute atomic E-state index is 0.170. The summed E-state index contributed by atoms with van der Waals surface area (Å²) in [6.45, 7) is 3.64. The van der Waals surface area contributed by atoms with Crippen LogP contribution in [0.3, 0.4) is 0 Å². The minimum Gasteiger partial charge on any atom is -0.497 e. The van der Waals surface area contributed by atoms with E-state index in [1.807, 2.05) is 31.2 Å². The third-order valence-electron chi connectivity index (χ3n) is 2.48. The number of hydrogen-bond donors (Lipinski definition) is 2. The van der Waals surface area contributed by atoms with Crippen molar-refractivity contribution in [3.8, 4) is 11.5 Å². The molecule has 0 bridgehead atoms. The lowest BCUT2D eigenvalue weighted by Gasteiger charge is -2.17. The van der Waals surface area contributed by atoms with E-state index < -0.39 is 0 Å². The standard InChI is InChI=1S/C13H21NO3/c1-3-14-11(8-9-15)10-17-13-6-4-12(16-2)5-7-13/h4-7,11,14-15H,3,8-10H2,1-2H3. The van der Waals surface area contributed by atoms with Gasteiger partial charge in [0.15, 0.2) is 0 Å². The Morgan fingerprint density at radius 3 is 2.41 bits per heavy atom. The Hall–Kier alpha value is -1.26. The smallest absolute Gasteiger partial charge is 0.119 e. The van der Waals surface area contributed by atoms with Gasteiger partial charge in [-0.25, -0.2) is 0 Å². The van der Waals surface area contributed by atoms with Crippen LogP contribution in [-0.4, -0.2) is 38.0 Å². The SMILES string of the molecule is CCNC(CCO)COc1ccc(OC)cc1. The van der Waals surface area contributed by atoms with Crippen LogP contribution >= 0.6 is 0 Å². The topological polar surface area (TPSA) is 50.7 Å². The number of nitrogens with one attached hydrogen (secondary N) is 1. The number of aliphatic hydroxyl groups is 1. The number of ether oxygens (including phenoxy) is 2. The molecule has 0 fully saturated rings. The lowest BCUT2D eigenvalue weighted by Crippen LogP contribution is -2.35. The number of aliphatic hydroxyl groups excluding tert-OH is 1. The Labute approximate surface area is 103 Å². The van der Waals surface area contributed by atoms with Gasteiger partial charge >= 0.3 is 0 Å². The zero-order chi connectivity index (χ0) is 12.5. The molecule has 0 aromatic heterocycles. The summed E-state index contributed by atoms with van der Waals surface area (Å²) < 4.78 is 10.7. The molecule has 4 heteroatoms. The molecule has 0 amide bonds. The molecule has 0 aliphatic carbocycles. The van der Waals surface area contributed by atoms with E-state index in [2.05, 4.69) is 5.32 Å². The van der Waals surface area contributed by atoms with Gasteiger partial charge in [0.25, 0.3) is 0 Å². The summed E-state index contributed by atoms with van der Waals surface area (Å²) in [4.78, 5) is 0. The zero-order valence-corrected chi connectivity index (χ0v) is 10.5. The first-order valence-corrected chi connectivity index (χ1v) is 5.91. The van der Waals surface area contributed by atoms with Gasteiger partial charge in [0.2, 0.25) is 0 Å². The lowest BCUT2D eigenvalue weighted by molar-refractivity contribution is 0.215. The van der Waals surface area contributed by atoms with Crippen molar-refractivity contribution >= 4 is 0 Å². The highest BCUT2D eigenvalue weighted by molar-refractivity contribution is 5.31. The van der Waals surface area contributed by atoms with E-state index >= 15 is 0 Å². The predicted molar refractivity (Wildman–Crippen MR) is 67.7 cm³/mol. The molecule has 0 aliphatic heterocycles. The highest BCUT2D eigenvalue weighted by Gasteiger charge is 2.07. The maximum absolute atomic E-state index is 8.92. The van der Waals surface area contributed by atoms with Crippen molar-refractivity contribution in [1.29, 1.82) is 0 Å². The summed E-state index contributed by atoms with van der Waals surface area (Å²) in [6, 6.07) is 7.67. The third kappa shape index (κ3) is 5.06. The first kappa shape index (κ1) is 13.8. The largest absolute Gasteiger partial charge is 0.497 e. The molecular formula is C13H21NO3. The Morgan fingerprint density at radius 2 is 1.88 bits per heavy atom. The molecule has 0 spiro atoms. The van der Waals surface area contributed by atoms with Crippen molar-refractivity contribution in [2.75, 3.05) is 26.9 Å². The molecule has 1 rings (SSSR count). The van der Waals surface area contributed by atoms with Crippen molar-refractivity contribution in [3.63, 3.8) is 0 Å². The fraction of sp³-hybridized carbons (Fsp3) is 0.538. The van der Waals surface area contributed by atoms with Crippen LogP contribution in [0.15, 0.2) is 24.3 Å². The summed E-state index contributed by atoms with van der Waals surface area (Å²) in [7, 11) is 1.64. The molecule has 96 valence electrons. The van der Waals surface area contributed by atoms with Crippen LogP contribution in [0.5, 0.6) is 11.5 Å². The van der Waals surface area contributed by atoms with Gasteiger partial charge in [-0.3, -0.25) is 0 Å². The maximum Gasteiger partial charge on any atom is 0.119 e. The van der Waals surface area contributed by atoms with E-state index in [1.54, 1.807) is 7.11 Å². The van der Waals surface area contributed by atoms with Crippen LogP contribution in [-0.2, 0) is 0 Å². The average molecular weight is 239 g/mol. The Kier molecular flexibility index (Phi) is 6.43. The van der Waals surface area contributed by atoms with Gasteiger partial charge in [-0.15, -0.1) is 0 Å². The summed E-state index contributed by atoms with van der Waals surface area (Å²) >= 11 is 0. The monoisotopic (exact) mass is 239 g/mol. The van der Waals surface area contributed by atoms with E-state index in [-0.39, 0.29) is 12.6 Å². The molecule has 0 radical (unpaired) electrons. The van der Waals surface area contributed by atoms with Crippen LogP contribution in [0, 0.1) is 0 Å². The van der Waals surface area contributed by atoms with Crippen LogP contribution in [0.4, 0.5) is 0 Å². The Morgan fingerprint density at radius 1 is 1.24 bits per heavy atom. The summed E-state index contributed by atoms with van der Waals surface area (Å²) in [5.74, 6) is 1.63. The quantitative estimate of drug-likeness (QED) is 0.720. The zero-order valence-electron chi connectivity index (χ0n) is 10.5. The maximum atomic E-state index is 8.92. The molecule has 0 heterocycles. The number of likely N-dealkylation sites (N-methyl/N-ethyl adjacent to an activating group) is 1. The first-order valence-electron chi connectivity index (χ1n) is 5.91. The molecule has 0 saturated heterocycles. The van der Waals surface area contributed by atoms with E-state index in [9.17, 15) is 0 Å². The third-order valence-corrected chi connectivity index (χ3v) is 2.48. The highest BCUT2D eigenvalue weighted by atomic mass is 16.5. The van der Waals surface area contributed by atoms with Gasteiger partial charge in [-0.1, -0.05) is 6.92 Å². The first-order chi connectivity index (χ1) is 8.30. The minimum atomic E-state index is 0.170. The van der Waals surface area contributed by atoms with Gasteiger partial charge in [-0.05, 0) is 37.2 Å². The summed E-state index contributed by atoms with van der Waals surface area (Å²) in [6.07, 6.45) is 0.698. The van der Waals surface area contributed by atoms with Crippen LogP contribution in [0.25, 0.3) is 0 Å². The van der Waals surface area contributed by atoms with Crippen LogP contribution in [0.1, 0.15) is 13.3 Å². The molecule has 0 saturated carbocycles. The van der Waals surface area contributed by atoms with E-state index in [4.69, 9.17) is 14.6 Å². The van der Waals surface area contributed by atoms with Gasteiger partial charge in [0.05, 0.1) is 7.11 Å². The van der Waals surface area contributed by atoms with Crippen molar-refractivity contribution < 1.29 is 14.6 Å². The van der Waals surface area contributed by atoms with Gasteiger partial charge in [-0.2, -0.15) is 0 Å². The number of methoxy groups -OCH3 is 1. The molecule has 1 aromatic rings. The van der Waals surface area contributed by atoms with Crippen molar-refractivity contribution in [2.24, 2.45) is 0 Å². The molecule has 17 heavy (non-hydrogen) atoms. The van der Waals surface area contributed by atoms with Crippen LogP contribution in [0.2, 0.25) is 0 Å². The van der Waals surface area contributed by atoms with Gasteiger partial charge < -0.3 is 19.9 Å². The van der Waals surface area contributed by atoms with Crippen molar-refractivity contribution in [2.45, 2.75) is 19.4 Å². The van der Waals surface area contributed by atoms with E-state index in [1.165, 1.54) is 0 Å². The normalized spacial score (nSPS) is 12.2. The fourth-order valence-electron chi connectivity index (χ4n) is 1.56. The molecule has 1 aromatic carbocycles. The molecule has 4 nitrogen and oxygen atoms in total. The Balaban J connectivity index is 2.41. The number of hydrogen-bond acceptors (Lipinski definition) is 4. The second-order valence-corrected chi connectivity index (χ2v) is 3.75. The summed E-state index contributed by atoms with van der Waals surface area (Å²) in [5.41, 5.74) is 0. The number of benzene rings is 1. The summed E-state index contributed by atoms with van der Waals surface area (Å²) in [5, 5.41) is 12.2. The average Bonchev–Trinajstić information content (AvgIpc) is 2.37. The molecule has 2 N–H and O–H groups in total. The molecular weight excluding hydrogens is 218 g/mol. The number of rotatable bonds is 8. The van der Waals surface area contributed by atoms with Crippen LogP contribution < -0.4 is 14.8 Å². The molecule has 1 unspecified atom stereocenters.